The molecule has 0 aliphatic heterocycles. The van der Waals surface area contributed by atoms with Gasteiger partial charge in [-0.25, -0.2) is 4.68 Å². The highest BCUT2D eigenvalue weighted by Gasteiger charge is 2.16. The lowest BCUT2D eigenvalue weighted by molar-refractivity contribution is -0.121. The predicted molar refractivity (Wildman–Crippen MR) is 89.1 cm³/mol. The van der Waals surface area contributed by atoms with E-state index < -0.39 is 0 Å². The molecule has 1 aromatic heterocycles. The molecule has 1 N–H and O–H groups in total. The van der Waals surface area contributed by atoms with Crippen LogP contribution in [0.2, 0.25) is 5.02 Å². The number of rotatable bonds is 8. The van der Waals surface area contributed by atoms with E-state index >= 15 is 0 Å². The molecule has 1 aromatic carbocycles. The van der Waals surface area contributed by atoms with Gasteiger partial charge in [0.25, 0.3) is 0 Å². The zero-order valence-electron chi connectivity index (χ0n) is 13.4. The van der Waals surface area contributed by atoms with Gasteiger partial charge >= 0.3 is 0 Å². The zero-order valence-corrected chi connectivity index (χ0v) is 14.2. The molecule has 6 nitrogen and oxygen atoms in total. The van der Waals surface area contributed by atoms with Gasteiger partial charge < -0.3 is 5.32 Å². The van der Waals surface area contributed by atoms with Crippen molar-refractivity contribution in [3.63, 3.8) is 0 Å². The lowest BCUT2D eigenvalue weighted by Crippen LogP contribution is -2.27. The van der Waals surface area contributed by atoms with Crippen LogP contribution in [-0.2, 0) is 11.3 Å². The number of nitrogens with zero attached hydrogens (tertiary/aromatic N) is 4. The first kappa shape index (κ1) is 17.4. The third-order valence-electron chi connectivity index (χ3n) is 3.84. The van der Waals surface area contributed by atoms with E-state index in [2.05, 4.69) is 46.8 Å². The van der Waals surface area contributed by atoms with Crippen LogP contribution in [0.3, 0.4) is 0 Å². The van der Waals surface area contributed by atoms with E-state index in [9.17, 15) is 4.79 Å². The number of benzene rings is 1. The van der Waals surface area contributed by atoms with Gasteiger partial charge in [0.05, 0.1) is 6.54 Å². The van der Waals surface area contributed by atoms with Crippen molar-refractivity contribution in [1.29, 1.82) is 0 Å². The van der Waals surface area contributed by atoms with E-state index in [1.807, 2.05) is 12.1 Å². The fourth-order valence-electron chi connectivity index (χ4n) is 2.55. The number of aromatic nitrogens is 4. The first-order valence-corrected chi connectivity index (χ1v) is 8.17. The van der Waals surface area contributed by atoms with E-state index in [-0.39, 0.29) is 5.91 Å². The third-order valence-corrected chi connectivity index (χ3v) is 4.09. The molecule has 0 radical (unpaired) electrons. The van der Waals surface area contributed by atoms with Gasteiger partial charge in [0.15, 0.2) is 0 Å². The summed E-state index contributed by atoms with van der Waals surface area (Å²) in [6.45, 7) is 5.53. The van der Waals surface area contributed by atoms with E-state index in [1.54, 1.807) is 4.68 Å². The van der Waals surface area contributed by atoms with E-state index in [0.717, 1.165) is 11.4 Å². The molecule has 0 bridgehead atoms. The minimum atomic E-state index is 0.0131. The average Bonchev–Trinajstić information content (AvgIpc) is 3.04. The second-order valence-corrected chi connectivity index (χ2v) is 6.30. The first-order chi connectivity index (χ1) is 11.1. The van der Waals surface area contributed by atoms with Crippen LogP contribution in [-0.4, -0.2) is 32.7 Å². The number of halogens is 1. The Hall–Kier alpha value is -1.95. The minimum absolute atomic E-state index is 0.0131. The molecule has 0 saturated heterocycles. The summed E-state index contributed by atoms with van der Waals surface area (Å²) in [5, 5.41) is 14.5. The summed E-state index contributed by atoms with van der Waals surface area (Å²) in [6, 6.07) is 7.95. The number of hydrogen-bond acceptors (Lipinski definition) is 4. The monoisotopic (exact) mass is 335 g/mol. The van der Waals surface area contributed by atoms with Crippen molar-refractivity contribution in [2.75, 3.05) is 6.54 Å². The van der Waals surface area contributed by atoms with E-state index in [1.165, 1.54) is 11.9 Å². The summed E-state index contributed by atoms with van der Waals surface area (Å²) in [4.78, 5) is 11.9. The van der Waals surface area contributed by atoms with Crippen molar-refractivity contribution in [2.45, 2.75) is 39.2 Å². The molecule has 1 heterocycles. The average molecular weight is 336 g/mol. The molecule has 0 saturated carbocycles. The molecule has 2 aromatic rings. The first-order valence-electron chi connectivity index (χ1n) is 7.79. The van der Waals surface area contributed by atoms with Gasteiger partial charge in [-0.3, -0.25) is 4.79 Å². The molecular formula is C16H22ClN5O. The lowest BCUT2D eigenvalue weighted by Gasteiger charge is -2.21. The van der Waals surface area contributed by atoms with Crippen LogP contribution in [0.25, 0.3) is 0 Å². The summed E-state index contributed by atoms with van der Waals surface area (Å²) in [6.07, 6.45) is 2.77. The van der Waals surface area contributed by atoms with Gasteiger partial charge in [-0.2, -0.15) is 0 Å². The maximum Gasteiger partial charge on any atom is 0.221 e. The molecule has 1 amide bonds. The number of carbonyl (C=O) groups is 1. The van der Waals surface area contributed by atoms with Crippen molar-refractivity contribution in [1.82, 2.24) is 25.5 Å². The Balaban J connectivity index is 1.77. The fraction of sp³-hybridized carbons (Fsp3) is 0.500. The zero-order chi connectivity index (χ0) is 16.7. The number of tetrazole rings is 1. The third kappa shape index (κ3) is 5.63. The number of hydrogen-bond donors (Lipinski definition) is 1. The highest BCUT2D eigenvalue weighted by atomic mass is 35.5. The fourth-order valence-corrected chi connectivity index (χ4v) is 2.68. The summed E-state index contributed by atoms with van der Waals surface area (Å²) in [7, 11) is 0. The van der Waals surface area contributed by atoms with Crippen LogP contribution >= 0.6 is 11.6 Å². The molecule has 2 rings (SSSR count). The highest BCUT2D eigenvalue weighted by Crippen LogP contribution is 2.28. The second kappa shape index (κ2) is 8.62. The minimum Gasteiger partial charge on any atom is -0.356 e. The topological polar surface area (TPSA) is 72.7 Å². The highest BCUT2D eigenvalue weighted by molar-refractivity contribution is 6.30. The normalized spacial score (nSPS) is 12.3. The SMILES string of the molecule is CC(C)[C@@H](CCNC(=O)CCn1cnnn1)c1ccc(Cl)cc1. The van der Waals surface area contributed by atoms with Crippen LogP contribution in [0.15, 0.2) is 30.6 Å². The molecule has 0 spiro atoms. The molecule has 0 unspecified atom stereocenters. The summed E-state index contributed by atoms with van der Waals surface area (Å²) in [5.41, 5.74) is 1.26. The van der Waals surface area contributed by atoms with Gasteiger partial charge in [0.1, 0.15) is 6.33 Å². The Morgan fingerprint density at radius 2 is 2.04 bits per heavy atom. The quantitative estimate of drug-likeness (QED) is 0.805. The van der Waals surface area contributed by atoms with Gasteiger partial charge in [0, 0.05) is 18.0 Å². The predicted octanol–water partition coefficient (Wildman–Crippen LogP) is 2.66. The summed E-state index contributed by atoms with van der Waals surface area (Å²) >= 11 is 5.95. The van der Waals surface area contributed by atoms with Crippen LogP contribution in [0.4, 0.5) is 0 Å². The number of amides is 1. The Morgan fingerprint density at radius 1 is 1.30 bits per heavy atom. The van der Waals surface area contributed by atoms with Crippen LogP contribution in [0, 0.1) is 5.92 Å². The molecule has 124 valence electrons. The molecule has 23 heavy (non-hydrogen) atoms. The van der Waals surface area contributed by atoms with Gasteiger partial charge in [0.2, 0.25) is 5.91 Å². The Morgan fingerprint density at radius 3 is 2.65 bits per heavy atom. The molecule has 0 aliphatic rings. The Labute approximate surface area is 141 Å². The maximum atomic E-state index is 11.9. The molecular weight excluding hydrogens is 314 g/mol. The summed E-state index contributed by atoms with van der Waals surface area (Å²) < 4.78 is 1.55. The van der Waals surface area contributed by atoms with Crippen molar-refractivity contribution in [3.8, 4) is 0 Å². The standard InChI is InChI=1S/C16H22ClN5O/c1-12(2)15(13-3-5-14(17)6-4-13)7-9-18-16(23)8-10-22-11-19-20-21-22/h3-6,11-12,15H,7-10H2,1-2H3,(H,18,23)/t15-/m1/s1. The van der Waals surface area contributed by atoms with Crippen molar-refractivity contribution in [2.24, 2.45) is 5.92 Å². The molecule has 1 atom stereocenters. The second-order valence-electron chi connectivity index (χ2n) is 5.86. The number of carbonyl (C=O) groups excluding carboxylic acids is 1. The van der Waals surface area contributed by atoms with Crippen LogP contribution in [0.1, 0.15) is 38.2 Å². The molecule has 0 fully saturated rings. The van der Waals surface area contributed by atoms with Gasteiger partial charge in [-0.1, -0.05) is 37.6 Å². The Kier molecular flexibility index (Phi) is 6.52. The maximum absolute atomic E-state index is 11.9. The van der Waals surface area contributed by atoms with Crippen LogP contribution in [0.5, 0.6) is 0 Å². The van der Waals surface area contributed by atoms with E-state index in [4.69, 9.17) is 11.6 Å². The van der Waals surface area contributed by atoms with E-state index in [0.29, 0.717) is 31.3 Å². The van der Waals surface area contributed by atoms with Crippen molar-refractivity contribution >= 4 is 17.5 Å². The lowest BCUT2D eigenvalue weighted by atomic mass is 9.86. The van der Waals surface area contributed by atoms with Crippen molar-refractivity contribution in [3.05, 3.63) is 41.2 Å². The smallest absolute Gasteiger partial charge is 0.221 e. The van der Waals surface area contributed by atoms with Gasteiger partial charge in [-0.15, -0.1) is 5.10 Å². The largest absolute Gasteiger partial charge is 0.356 e. The number of aryl methyl sites for hydroxylation is 1. The molecule has 0 aliphatic carbocycles. The molecule has 7 heteroatoms. The Bertz CT molecular complexity index is 597. The summed E-state index contributed by atoms with van der Waals surface area (Å²) in [5.74, 6) is 0.903. The van der Waals surface area contributed by atoms with Gasteiger partial charge in [-0.05, 0) is 46.4 Å². The number of nitrogens with one attached hydrogen (secondary N) is 1. The van der Waals surface area contributed by atoms with Crippen LogP contribution < -0.4 is 5.32 Å². The van der Waals surface area contributed by atoms with Crippen molar-refractivity contribution < 1.29 is 4.79 Å².